The maximum absolute atomic E-state index is 11.3. The van der Waals surface area contributed by atoms with Gasteiger partial charge in [-0.15, -0.1) is 0 Å². The molecule has 0 aliphatic carbocycles. The molecule has 0 spiro atoms. The van der Waals surface area contributed by atoms with E-state index in [1.165, 1.54) is 6.07 Å². The third-order valence-corrected chi connectivity index (χ3v) is 3.26. The van der Waals surface area contributed by atoms with Crippen LogP contribution in [0, 0.1) is 6.92 Å². The van der Waals surface area contributed by atoms with E-state index < -0.39 is 5.97 Å². The van der Waals surface area contributed by atoms with E-state index in [-0.39, 0.29) is 5.56 Å². The largest absolute Gasteiger partial charge is 0.478 e. The summed E-state index contributed by atoms with van der Waals surface area (Å²) in [5, 5.41) is 10.1. The monoisotopic (exact) mass is 279 g/mol. The van der Waals surface area contributed by atoms with Gasteiger partial charge >= 0.3 is 5.97 Å². The van der Waals surface area contributed by atoms with Crippen LogP contribution in [0.4, 0.5) is 0 Å². The fourth-order valence-electron chi connectivity index (χ4n) is 2.23. The number of fused-ring (bicyclic) bond motifs is 1. The van der Waals surface area contributed by atoms with Crippen LogP contribution < -0.4 is 4.74 Å². The molecule has 0 amide bonds. The SMILES string of the molecule is Cc1cccc(C(=O)O)c1Oc1cccc2ncccc12. The number of pyridine rings is 1. The Hall–Kier alpha value is -2.88. The number of para-hydroxylation sites is 1. The van der Waals surface area contributed by atoms with E-state index in [2.05, 4.69) is 4.98 Å². The molecule has 0 unspecified atom stereocenters. The lowest BCUT2D eigenvalue weighted by molar-refractivity contribution is 0.0694. The van der Waals surface area contributed by atoms with Gasteiger partial charge in [-0.3, -0.25) is 4.98 Å². The summed E-state index contributed by atoms with van der Waals surface area (Å²) < 4.78 is 5.89. The van der Waals surface area contributed by atoms with Crippen molar-refractivity contribution < 1.29 is 14.6 Å². The van der Waals surface area contributed by atoms with E-state index in [0.29, 0.717) is 11.5 Å². The highest BCUT2D eigenvalue weighted by atomic mass is 16.5. The van der Waals surface area contributed by atoms with Gasteiger partial charge in [0, 0.05) is 11.6 Å². The van der Waals surface area contributed by atoms with Crippen LogP contribution in [0.2, 0.25) is 0 Å². The number of rotatable bonds is 3. The van der Waals surface area contributed by atoms with Gasteiger partial charge < -0.3 is 9.84 Å². The molecular formula is C17H13NO3. The Labute approximate surface area is 121 Å². The standard InChI is InChI=1S/C17H13NO3/c1-11-5-2-6-13(17(19)20)16(11)21-15-9-3-8-14-12(15)7-4-10-18-14/h2-10H,1H3,(H,19,20). The van der Waals surface area contributed by atoms with Crippen molar-refractivity contribution in [1.82, 2.24) is 4.98 Å². The summed E-state index contributed by atoms with van der Waals surface area (Å²) in [6.45, 7) is 1.82. The second-order valence-corrected chi connectivity index (χ2v) is 4.69. The summed E-state index contributed by atoms with van der Waals surface area (Å²) >= 11 is 0. The molecule has 1 heterocycles. The van der Waals surface area contributed by atoms with Gasteiger partial charge in [-0.2, -0.15) is 0 Å². The predicted octanol–water partition coefficient (Wildman–Crippen LogP) is 4.03. The second-order valence-electron chi connectivity index (χ2n) is 4.69. The highest BCUT2D eigenvalue weighted by Gasteiger charge is 2.15. The Morgan fingerprint density at radius 3 is 2.71 bits per heavy atom. The predicted molar refractivity (Wildman–Crippen MR) is 80.0 cm³/mol. The fourth-order valence-corrected chi connectivity index (χ4v) is 2.23. The zero-order valence-electron chi connectivity index (χ0n) is 11.4. The number of benzene rings is 2. The van der Waals surface area contributed by atoms with E-state index in [1.54, 1.807) is 12.3 Å². The molecule has 0 saturated heterocycles. The average Bonchev–Trinajstić information content (AvgIpc) is 2.49. The zero-order valence-corrected chi connectivity index (χ0v) is 11.4. The average molecular weight is 279 g/mol. The molecule has 3 aromatic rings. The van der Waals surface area contributed by atoms with Crippen LogP contribution in [0.15, 0.2) is 54.7 Å². The number of nitrogens with zero attached hydrogens (tertiary/aromatic N) is 1. The Morgan fingerprint density at radius 2 is 1.90 bits per heavy atom. The molecule has 0 atom stereocenters. The Balaban J connectivity index is 2.13. The maximum atomic E-state index is 11.3. The lowest BCUT2D eigenvalue weighted by atomic mass is 10.1. The molecule has 0 fully saturated rings. The van der Waals surface area contributed by atoms with Gasteiger partial charge in [0.1, 0.15) is 17.1 Å². The summed E-state index contributed by atoms with van der Waals surface area (Å²) in [5.41, 5.74) is 1.73. The molecule has 21 heavy (non-hydrogen) atoms. The Morgan fingerprint density at radius 1 is 1.10 bits per heavy atom. The molecule has 1 N–H and O–H groups in total. The van der Waals surface area contributed by atoms with Crippen molar-refractivity contribution in [3.8, 4) is 11.5 Å². The second kappa shape index (κ2) is 5.25. The van der Waals surface area contributed by atoms with Crippen LogP contribution in [-0.4, -0.2) is 16.1 Å². The number of aromatic nitrogens is 1. The number of carbonyl (C=O) groups is 1. The summed E-state index contributed by atoms with van der Waals surface area (Å²) in [5.74, 6) is -0.0502. The van der Waals surface area contributed by atoms with Crippen LogP contribution in [0.3, 0.4) is 0 Å². The normalized spacial score (nSPS) is 10.5. The van der Waals surface area contributed by atoms with E-state index in [1.807, 2.05) is 43.3 Å². The van der Waals surface area contributed by atoms with Crippen molar-refractivity contribution in [2.24, 2.45) is 0 Å². The number of aryl methyl sites for hydroxylation is 1. The van der Waals surface area contributed by atoms with Crippen molar-refractivity contribution in [3.63, 3.8) is 0 Å². The molecule has 104 valence electrons. The lowest BCUT2D eigenvalue weighted by Crippen LogP contribution is -2.01. The smallest absolute Gasteiger partial charge is 0.339 e. The van der Waals surface area contributed by atoms with E-state index in [0.717, 1.165) is 16.5 Å². The molecule has 3 rings (SSSR count). The highest BCUT2D eigenvalue weighted by molar-refractivity contribution is 5.92. The summed E-state index contributed by atoms with van der Waals surface area (Å²) in [6, 6.07) is 14.3. The summed E-state index contributed by atoms with van der Waals surface area (Å²) in [6.07, 6.45) is 1.71. The Bertz CT molecular complexity index is 822. The first-order chi connectivity index (χ1) is 10.2. The van der Waals surface area contributed by atoms with Crippen LogP contribution in [0.5, 0.6) is 11.5 Å². The fraction of sp³-hybridized carbons (Fsp3) is 0.0588. The van der Waals surface area contributed by atoms with Crippen molar-refractivity contribution in [3.05, 3.63) is 65.9 Å². The quantitative estimate of drug-likeness (QED) is 0.786. The Kier molecular flexibility index (Phi) is 3.28. The number of hydrogen-bond acceptors (Lipinski definition) is 3. The molecule has 1 aromatic heterocycles. The molecule has 0 bridgehead atoms. The van der Waals surface area contributed by atoms with Gasteiger partial charge in [-0.25, -0.2) is 4.79 Å². The minimum absolute atomic E-state index is 0.149. The number of carboxylic acids is 1. The van der Waals surface area contributed by atoms with Gasteiger partial charge in [0.05, 0.1) is 5.52 Å². The van der Waals surface area contributed by atoms with E-state index in [9.17, 15) is 9.90 Å². The minimum atomic E-state index is -1.01. The minimum Gasteiger partial charge on any atom is -0.478 e. The molecule has 0 saturated carbocycles. The number of carboxylic acid groups (broad SMARTS) is 1. The van der Waals surface area contributed by atoms with Gasteiger partial charge in [-0.05, 0) is 42.8 Å². The van der Waals surface area contributed by atoms with Crippen LogP contribution in [0.1, 0.15) is 15.9 Å². The number of aromatic carboxylic acids is 1. The maximum Gasteiger partial charge on any atom is 0.339 e. The van der Waals surface area contributed by atoms with Crippen molar-refractivity contribution >= 4 is 16.9 Å². The molecule has 0 radical (unpaired) electrons. The van der Waals surface area contributed by atoms with Crippen molar-refractivity contribution in [1.29, 1.82) is 0 Å². The van der Waals surface area contributed by atoms with Crippen molar-refractivity contribution in [2.75, 3.05) is 0 Å². The van der Waals surface area contributed by atoms with E-state index >= 15 is 0 Å². The molecule has 0 aliphatic heterocycles. The molecule has 2 aromatic carbocycles. The van der Waals surface area contributed by atoms with Gasteiger partial charge in [-0.1, -0.05) is 18.2 Å². The van der Waals surface area contributed by atoms with E-state index in [4.69, 9.17) is 4.74 Å². The summed E-state index contributed by atoms with van der Waals surface area (Å²) in [7, 11) is 0. The molecule has 4 heteroatoms. The lowest BCUT2D eigenvalue weighted by Gasteiger charge is -2.13. The van der Waals surface area contributed by atoms with Gasteiger partial charge in [0.25, 0.3) is 0 Å². The summed E-state index contributed by atoms with van der Waals surface area (Å²) in [4.78, 5) is 15.6. The third-order valence-electron chi connectivity index (χ3n) is 3.26. The first kappa shape index (κ1) is 13.1. The topological polar surface area (TPSA) is 59.4 Å². The molecular weight excluding hydrogens is 266 g/mol. The highest BCUT2D eigenvalue weighted by Crippen LogP contribution is 2.33. The first-order valence-electron chi connectivity index (χ1n) is 6.51. The zero-order chi connectivity index (χ0) is 14.8. The van der Waals surface area contributed by atoms with Crippen LogP contribution in [-0.2, 0) is 0 Å². The van der Waals surface area contributed by atoms with Crippen LogP contribution >= 0.6 is 0 Å². The van der Waals surface area contributed by atoms with Crippen molar-refractivity contribution in [2.45, 2.75) is 6.92 Å². The molecule has 4 nitrogen and oxygen atoms in total. The molecule has 0 aliphatic rings. The number of ether oxygens (including phenoxy) is 1. The third kappa shape index (κ3) is 2.43. The van der Waals surface area contributed by atoms with Gasteiger partial charge in [0.2, 0.25) is 0 Å². The number of hydrogen-bond donors (Lipinski definition) is 1. The van der Waals surface area contributed by atoms with Crippen LogP contribution in [0.25, 0.3) is 10.9 Å². The van der Waals surface area contributed by atoms with Gasteiger partial charge in [0.15, 0.2) is 0 Å². The first-order valence-corrected chi connectivity index (χ1v) is 6.51.